The highest BCUT2D eigenvalue weighted by atomic mass is 16.5. The highest BCUT2D eigenvalue weighted by molar-refractivity contribution is 5.91. The summed E-state index contributed by atoms with van der Waals surface area (Å²) in [5.74, 6) is 2.03. The molecule has 0 spiro atoms. The maximum atomic E-state index is 12.9. The van der Waals surface area contributed by atoms with Gasteiger partial charge in [-0.2, -0.15) is 20.2 Å². The van der Waals surface area contributed by atoms with Crippen LogP contribution in [0, 0.1) is 35.0 Å². The molecule has 1 amide bonds. The number of hydrogen-bond donors (Lipinski definition) is 2. The number of amides is 1. The first kappa shape index (κ1) is 24.0. The highest BCUT2D eigenvalue weighted by Crippen LogP contribution is 2.37. The molecule has 0 aromatic carbocycles. The van der Waals surface area contributed by atoms with Crippen LogP contribution in [0.25, 0.3) is 0 Å². The van der Waals surface area contributed by atoms with Crippen LogP contribution in [0.1, 0.15) is 49.6 Å². The molecule has 2 saturated carbocycles. The summed E-state index contributed by atoms with van der Waals surface area (Å²) >= 11 is 0. The fraction of sp³-hybridized carbons (Fsp3) is 0.625. The number of carbonyl (C=O) groups excluding carboxylic acids is 1. The van der Waals surface area contributed by atoms with E-state index >= 15 is 0 Å². The zero-order valence-electron chi connectivity index (χ0n) is 20.3. The van der Waals surface area contributed by atoms with E-state index in [1.807, 2.05) is 11.8 Å². The smallest absolute Gasteiger partial charge is 0.321 e. The number of ether oxygens (including phenoxy) is 2. The van der Waals surface area contributed by atoms with Crippen molar-refractivity contribution in [2.24, 2.45) is 23.7 Å². The van der Waals surface area contributed by atoms with Gasteiger partial charge in [-0.05, 0) is 50.9 Å². The van der Waals surface area contributed by atoms with Crippen molar-refractivity contribution in [3.8, 4) is 17.8 Å². The third-order valence-electron chi connectivity index (χ3n) is 7.09. The van der Waals surface area contributed by atoms with Gasteiger partial charge >= 0.3 is 6.01 Å². The minimum Gasteiger partial charge on any atom is -0.488 e. The van der Waals surface area contributed by atoms with Crippen molar-refractivity contribution in [2.75, 3.05) is 36.9 Å². The molecule has 0 radical (unpaired) electrons. The third-order valence-corrected chi connectivity index (χ3v) is 7.09. The van der Waals surface area contributed by atoms with Gasteiger partial charge in [0.15, 0.2) is 11.6 Å². The molecule has 1 aliphatic heterocycles. The maximum absolute atomic E-state index is 12.9. The minimum absolute atomic E-state index is 0.0208. The molecular weight excluding hydrogens is 462 g/mol. The van der Waals surface area contributed by atoms with Crippen LogP contribution in [0.2, 0.25) is 0 Å². The number of nitriles is 1. The van der Waals surface area contributed by atoms with Crippen molar-refractivity contribution in [2.45, 2.75) is 45.1 Å². The van der Waals surface area contributed by atoms with Crippen molar-refractivity contribution in [3.63, 3.8) is 0 Å². The van der Waals surface area contributed by atoms with E-state index in [4.69, 9.17) is 20.5 Å². The molecule has 2 aromatic rings. The standard InChI is InChI=1S/C24H31N9O3/c1-14(16-2-3-16)29-22(34)21-30-23(32-24(31-21)36-12-18-8-17(18)9-25)33-6-4-15(5-7-33)11-35-19-10-27-13-28-20(19)26/h10,13-18H,2-8,11-12H2,1H3,(H,29,34)(H2,26,27,28)/t14-,17-,18+/m0/s1. The number of aromatic nitrogens is 5. The van der Waals surface area contributed by atoms with E-state index in [1.54, 1.807) is 6.20 Å². The predicted molar refractivity (Wildman–Crippen MR) is 129 cm³/mol. The van der Waals surface area contributed by atoms with Crippen LogP contribution in [-0.2, 0) is 0 Å². The van der Waals surface area contributed by atoms with Crippen molar-refractivity contribution < 1.29 is 14.3 Å². The second-order valence-electron chi connectivity index (χ2n) is 9.90. The number of piperidine rings is 1. The summed E-state index contributed by atoms with van der Waals surface area (Å²) in [6.45, 7) is 4.29. The number of nitrogen functional groups attached to an aromatic ring is 1. The summed E-state index contributed by atoms with van der Waals surface area (Å²) in [7, 11) is 0. The molecule has 12 heteroatoms. The lowest BCUT2D eigenvalue weighted by atomic mass is 9.98. The van der Waals surface area contributed by atoms with E-state index in [9.17, 15) is 4.79 Å². The summed E-state index contributed by atoms with van der Waals surface area (Å²) in [5, 5.41) is 12.1. The predicted octanol–water partition coefficient (Wildman–Crippen LogP) is 1.61. The molecule has 3 atom stereocenters. The van der Waals surface area contributed by atoms with E-state index in [0.29, 0.717) is 55.7 Å². The Labute approximate surface area is 209 Å². The van der Waals surface area contributed by atoms with Gasteiger partial charge in [0.1, 0.15) is 6.33 Å². The van der Waals surface area contributed by atoms with Gasteiger partial charge in [-0.25, -0.2) is 9.97 Å². The minimum atomic E-state index is -0.324. The monoisotopic (exact) mass is 493 g/mol. The van der Waals surface area contributed by atoms with Crippen molar-refractivity contribution in [1.82, 2.24) is 30.2 Å². The first-order chi connectivity index (χ1) is 17.5. The van der Waals surface area contributed by atoms with E-state index in [0.717, 1.165) is 32.1 Å². The van der Waals surface area contributed by atoms with Crippen LogP contribution in [0.3, 0.4) is 0 Å². The molecule has 3 fully saturated rings. The van der Waals surface area contributed by atoms with Crippen LogP contribution in [0.4, 0.5) is 11.8 Å². The summed E-state index contributed by atoms with van der Waals surface area (Å²) in [4.78, 5) is 36.1. The molecule has 3 aliphatic rings. The number of rotatable bonds is 10. The lowest BCUT2D eigenvalue weighted by Gasteiger charge is -2.32. The molecule has 1 saturated heterocycles. The summed E-state index contributed by atoms with van der Waals surface area (Å²) < 4.78 is 11.6. The van der Waals surface area contributed by atoms with Gasteiger partial charge in [0.2, 0.25) is 11.8 Å². The van der Waals surface area contributed by atoms with Gasteiger partial charge in [-0.1, -0.05) is 0 Å². The van der Waals surface area contributed by atoms with E-state index < -0.39 is 0 Å². The van der Waals surface area contributed by atoms with E-state index in [1.165, 1.54) is 6.33 Å². The molecule has 0 bridgehead atoms. The van der Waals surface area contributed by atoms with Crippen LogP contribution in [0.15, 0.2) is 12.5 Å². The van der Waals surface area contributed by atoms with Gasteiger partial charge in [0.05, 0.1) is 31.4 Å². The third kappa shape index (κ3) is 5.90. The van der Waals surface area contributed by atoms with Crippen LogP contribution >= 0.6 is 0 Å². The number of nitrogens with zero attached hydrogens (tertiary/aromatic N) is 7. The van der Waals surface area contributed by atoms with Gasteiger partial charge in [-0.15, -0.1) is 0 Å². The van der Waals surface area contributed by atoms with Crippen molar-refractivity contribution >= 4 is 17.7 Å². The quantitative estimate of drug-likeness (QED) is 0.494. The molecule has 12 nitrogen and oxygen atoms in total. The number of anilines is 2. The topological polar surface area (TPSA) is 165 Å². The molecule has 3 N–H and O–H groups in total. The summed E-state index contributed by atoms with van der Waals surface area (Å²) in [6.07, 6.45) is 7.76. The second-order valence-corrected chi connectivity index (χ2v) is 9.90. The number of carbonyl (C=O) groups is 1. The van der Waals surface area contributed by atoms with E-state index in [-0.39, 0.29) is 35.6 Å². The van der Waals surface area contributed by atoms with Gasteiger partial charge < -0.3 is 25.4 Å². The Hall–Kier alpha value is -3.75. The lowest BCUT2D eigenvalue weighted by molar-refractivity contribution is 0.0923. The Kier molecular flexibility index (Phi) is 6.97. The average molecular weight is 494 g/mol. The van der Waals surface area contributed by atoms with Crippen LogP contribution in [0.5, 0.6) is 11.8 Å². The fourth-order valence-electron chi connectivity index (χ4n) is 4.36. The van der Waals surface area contributed by atoms with Gasteiger partial charge in [0, 0.05) is 25.0 Å². The van der Waals surface area contributed by atoms with Crippen molar-refractivity contribution in [3.05, 3.63) is 18.3 Å². The molecule has 3 heterocycles. The van der Waals surface area contributed by atoms with Crippen molar-refractivity contribution in [1.29, 1.82) is 5.26 Å². The largest absolute Gasteiger partial charge is 0.488 e. The Morgan fingerprint density at radius 3 is 2.72 bits per heavy atom. The Bertz CT molecular complexity index is 1130. The Morgan fingerprint density at radius 1 is 1.22 bits per heavy atom. The normalized spacial score (nSPS) is 22.4. The van der Waals surface area contributed by atoms with Gasteiger partial charge in [-0.3, -0.25) is 4.79 Å². The molecular formula is C24H31N9O3. The fourth-order valence-corrected chi connectivity index (χ4v) is 4.36. The Balaban J connectivity index is 1.23. The first-order valence-electron chi connectivity index (χ1n) is 12.5. The maximum Gasteiger partial charge on any atom is 0.321 e. The molecule has 36 heavy (non-hydrogen) atoms. The zero-order valence-corrected chi connectivity index (χ0v) is 20.3. The van der Waals surface area contributed by atoms with Gasteiger partial charge in [0.25, 0.3) is 5.91 Å². The summed E-state index contributed by atoms with van der Waals surface area (Å²) in [5.41, 5.74) is 5.83. The molecule has 2 aromatic heterocycles. The number of nitrogens with one attached hydrogen (secondary N) is 1. The molecule has 2 aliphatic carbocycles. The molecule has 5 rings (SSSR count). The van der Waals surface area contributed by atoms with Crippen LogP contribution in [-0.4, -0.2) is 63.2 Å². The zero-order chi connectivity index (χ0) is 25.1. The number of nitrogens with two attached hydrogens (primary N) is 1. The second kappa shape index (κ2) is 10.5. The Morgan fingerprint density at radius 2 is 2.03 bits per heavy atom. The molecule has 0 unspecified atom stereocenters. The van der Waals surface area contributed by atoms with E-state index in [2.05, 4.69) is 36.3 Å². The lowest BCUT2D eigenvalue weighted by Crippen LogP contribution is -2.38. The molecule has 190 valence electrons. The highest BCUT2D eigenvalue weighted by Gasteiger charge is 2.38. The number of hydrogen-bond acceptors (Lipinski definition) is 11. The summed E-state index contributed by atoms with van der Waals surface area (Å²) in [6, 6.07) is 2.45. The van der Waals surface area contributed by atoms with Crippen LogP contribution < -0.4 is 25.4 Å². The SMILES string of the molecule is C[C@H](NC(=O)c1nc(OC[C@H]2C[C@H]2C#N)nc(N2CCC(COc3cncnc3N)CC2)n1)C1CC1. The first-order valence-corrected chi connectivity index (χ1v) is 12.5. The average Bonchev–Trinajstić information content (AvgIpc) is 3.82.